The van der Waals surface area contributed by atoms with E-state index >= 15 is 0 Å². The minimum Gasteiger partial charge on any atom is -0.356 e. The lowest BCUT2D eigenvalue weighted by molar-refractivity contribution is 0.559. The first-order valence-electron chi connectivity index (χ1n) is 8.82. The van der Waals surface area contributed by atoms with E-state index in [2.05, 4.69) is 30.4 Å². The molecule has 1 aromatic heterocycles. The van der Waals surface area contributed by atoms with Gasteiger partial charge in [-0.15, -0.1) is 10.2 Å². The van der Waals surface area contributed by atoms with Crippen LogP contribution in [0.2, 0.25) is 0 Å². The molecule has 0 radical (unpaired) electrons. The number of aromatic nitrogens is 3. The van der Waals surface area contributed by atoms with E-state index in [1.807, 2.05) is 12.1 Å². The van der Waals surface area contributed by atoms with Crippen molar-refractivity contribution in [3.63, 3.8) is 0 Å². The zero-order chi connectivity index (χ0) is 17.3. The van der Waals surface area contributed by atoms with Crippen molar-refractivity contribution in [1.82, 2.24) is 25.4 Å². The monoisotopic (exact) mass is 342 g/mol. The third kappa shape index (κ3) is 3.10. The average Bonchev–Trinajstić information content (AvgIpc) is 3.09. The van der Waals surface area contributed by atoms with E-state index in [1.54, 1.807) is 13.1 Å². The second-order valence-corrected chi connectivity index (χ2v) is 6.83. The Kier molecular flexibility index (Phi) is 4.15. The molecule has 0 amide bonds. The third-order valence-electron chi connectivity index (χ3n) is 5.22. The number of nitrogens with one attached hydrogen (secondary N) is 2. The summed E-state index contributed by atoms with van der Waals surface area (Å²) in [5.41, 5.74) is 0.687. The minimum atomic E-state index is -0.122. The summed E-state index contributed by atoms with van der Waals surface area (Å²) in [6.07, 6.45) is 4.13. The van der Waals surface area contributed by atoms with Crippen molar-refractivity contribution >= 4 is 5.96 Å². The number of hydrogen-bond donors (Lipinski definition) is 2. The second-order valence-electron chi connectivity index (χ2n) is 6.83. The van der Waals surface area contributed by atoms with E-state index in [1.165, 1.54) is 6.07 Å². The van der Waals surface area contributed by atoms with Gasteiger partial charge in [-0.3, -0.25) is 4.99 Å². The lowest BCUT2D eigenvalue weighted by Gasteiger charge is -2.19. The van der Waals surface area contributed by atoms with E-state index in [4.69, 9.17) is 0 Å². The SMILES string of the molecule is CN=C(NCc1nnc2n1CCC2)NCC1(c2ccccc2F)CC1. The van der Waals surface area contributed by atoms with Crippen LogP contribution in [-0.4, -0.2) is 34.3 Å². The van der Waals surface area contributed by atoms with Crippen LogP contribution >= 0.6 is 0 Å². The topological polar surface area (TPSA) is 67.1 Å². The van der Waals surface area contributed by atoms with Gasteiger partial charge in [-0.1, -0.05) is 18.2 Å². The van der Waals surface area contributed by atoms with E-state index in [0.29, 0.717) is 19.0 Å². The van der Waals surface area contributed by atoms with Gasteiger partial charge in [0.15, 0.2) is 11.8 Å². The molecule has 2 heterocycles. The lowest BCUT2D eigenvalue weighted by Crippen LogP contribution is -2.41. The van der Waals surface area contributed by atoms with Gasteiger partial charge in [-0.25, -0.2) is 4.39 Å². The molecule has 25 heavy (non-hydrogen) atoms. The first-order chi connectivity index (χ1) is 12.2. The Morgan fingerprint density at radius 2 is 2.12 bits per heavy atom. The van der Waals surface area contributed by atoms with Crippen LogP contribution in [-0.2, 0) is 24.9 Å². The van der Waals surface area contributed by atoms with Crippen LogP contribution in [0.15, 0.2) is 29.3 Å². The Bertz CT molecular complexity index is 793. The first-order valence-corrected chi connectivity index (χ1v) is 8.82. The van der Waals surface area contributed by atoms with Crippen molar-refractivity contribution in [3.8, 4) is 0 Å². The zero-order valence-electron chi connectivity index (χ0n) is 14.4. The standard InChI is InChI=1S/C18H23FN6/c1-20-17(21-11-16-24-23-15-7-4-10-25(15)16)22-12-18(8-9-18)13-5-2-3-6-14(13)19/h2-3,5-6H,4,7-12H2,1H3,(H2,20,21,22). The number of aryl methyl sites for hydroxylation is 1. The van der Waals surface area contributed by atoms with Gasteiger partial charge in [0.2, 0.25) is 0 Å². The number of benzene rings is 1. The van der Waals surface area contributed by atoms with Gasteiger partial charge in [0, 0.05) is 32.0 Å². The van der Waals surface area contributed by atoms with Crippen molar-refractivity contribution in [3.05, 3.63) is 47.3 Å². The molecule has 1 aromatic carbocycles. The number of hydrogen-bond acceptors (Lipinski definition) is 3. The predicted molar refractivity (Wildman–Crippen MR) is 93.9 cm³/mol. The normalized spacial score (nSPS) is 18.1. The molecule has 7 heteroatoms. The Hall–Kier alpha value is -2.44. The molecule has 4 rings (SSSR count). The molecule has 6 nitrogen and oxygen atoms in total. The van der Waals surface area contributed by atoms with Crippen LogP contribution in [0, 0.1) is 5.82 Å². The van der Waals surface area contributed by atoms with E-state index in [0.717, 1.165) is 49.4 Å². The Morgan fingerprint density at radius 1 is 1.28 bits per heavy atom. The van der Waals surface area contributed by atoms with Crippen molar-refractivity contribution < 1.29 is 4.39 Å². The maximum Gasteiger partial charge on any atom is 0.191 e. The fourth-order valence-corrected chi connectivity index (χ4v) is 3.56. The van der Waals surface area contributed by atoms with E-state index < -0.39 is 0 Å². The highest BCUT2D eigenvalue weighted by Crippen LogP contribution is 2.48. The Balaban J connectivity index is 1.36. The summed E-state index contributed by atoms with van der Waals surface area (Å²) < 4.78 is 16.3. The van der Waals surface area contributed by atoms with Crippen LogP contribution in [0.5, 0.6) is 0 Å². The number of guanidine groups is 1. The molecule has 2 aromatic rings. The smallest absolute Gasteiger partial charge is 0.191 e. The summed E-state index contributed by atoms with van der Waals surface area (Å²) in [5.74, 6) is 2.59. The average molecular weight is 342 g/mol. The number of fused-ring (bicyclic) bond motifs is 1. The van der Waals surface area contributed by atoms with Crippen molar-refractivity contribution in [2.45, 2.75) is 44.2 Å². The summed E-state index contributed by atoms with van der Waals surface area (Å²) in [4.78, 5) is 4.27. The summed E-state index contributed by atoms with van der Waals surface area (Å²) in [6.45, 7) is 2.24. The van der Waals surface area contributed by atoms with Gasteiger partial charge in [-0.2, -0.15) is 0 Å². The van der Waals surface area contributed by atoms with Crippen LogP contribution in [0.4, 0.5) is 4.39 Å². The second kappa shape index (κ2) is 6.46. The minimum absolute atomic E-state index is 0.112. The largest absolute Gasteiger partial charge is 0.356 e. The summed E-state index contributed by atoms with van der Waals surface area (Å²) in [7, 11) is 1.74. The molecule has 2 N–H and O–H groups in total. The van der Waals surface area contributed by atoms with Gasteiger partial charge in [0.1, 0.15) is 11.6 Å². The summed E-state index contributed by atoms with van der Waals surface area (Å²) in [6, 6.07) is 7.06. The van der Waals surface area contributed by atoms with Crippen molar-refractivity contribution in [2.24, 2.45) is 4.99 Å². The number of halogens is 1. The Morgan fingerprint density at radius 3 is 2.88 bits per heavy atom. The quantitative estimate of drug-likeness (QED) is 0.642. The zero-order valence-corrected chi connectivity index (χ0v) is 14.4. The molecule has 132 valence electrons. The molecule has 1 aliphatic heterocycles. The van der Waals surface area contributed by atoms with Crippen molar-refractivity contribution in [2.75, 3.05) is 13.6 Å². The highest BCUT2D eigenvalue weighted by Gasteiger charge is 2.45. The molecule has 0 spiro atoms. The van der Waals surface area contributed by atoms with Crippen molar-refractivity contribution in [1.29, 1.82) is 0 Å². The predicted octanol–water partition coefficient (Wildman–Crippen LogP) is 1.76. The number of rotatable bonds is 5. The number of nitrogens with zero attached hydrogens (tertiary/aromatic N) is 4. The van der Waals surface area contributed by atoms with Crippen LogP contribution in [0.25, 0.3) is 0 Å². The third-order valence-corrected chi connectivity index (χ3v) is 5.22. The highest BCUT2D eigenvalue weighted by atomic mass is 19.1. The van der Waals surface area contributed by atoms with Gasteiger partial charge < -0.3 is 15.2 Å². The molecule has 1 aliphatic carbocycles. The van der Waals surface area contributed by atoms with E-state index in [9.17, 15) is 4.39 Å². The maximum atomic E-state index is 14.1. The summed E-state index contributed by atoms with van der Waals surface area (Å²) in [5, 5.41) is 15.1. The van der Waals surface area contributed by atoms with Gasteiger partial charge >= 0.3 is 0 Å². The molecular formula is C18H23FN6. The molecule has 0 atom stereocenters. The molecule has 0 saturated heterocycles. The summed E-state index contributed by atoms with van der Waals surface area (Å²) >= 11 is 0. The van der Waals surface area contributed by atoms with E-state index in [-0.39, 0.29) is 11.2 Å². The van der Waals surface area contributed by atoms with Crippen LogP contribution < -0.4 is 10.6 Å². The van der Waals surface area contributed by atoms with Gasteiger partial charge in [-0.05, 0) is 30.9 Å². The fraction of sp³-hybridized carbons (Fsp3) is 0.500. The van der Waals surface area contributed by atoms with Gasteiger partial charge in [0.25, 0.3) is 0 Å². The van der Waals surface area contributed by atoms with Gasteiger partial charge in [0.05, 0.1) is 6.54 Å². The van der Waals surface area contributed by atoms with Crippen LogP contribution in [0.1, 0.15) is 36.5 Å². The Labute approximate surface area is 146 Å². The lowest BCUT2D eigenvalue weighted by atomic mass is 9.95. The number of aliphatic imine (C=N–C) groups is 1. The highest BCUT2D eigenvalue weighted by molar-refractivity contribution is 5.79. The molecule has 2 aliphatic rings. The molecule has 0 unspecified atom stereocenters. The molecule has 1 fully saturated rings. The molecule has 1 saturated carbocycles. The fourth-order valence-electron chi connectivity index (χ4n) is 3.56. The van der Waals surface area contributed by atoms with Crippen LogP contribution in [0.3, 0.4) is 0 Å². The maximum absolute atomic E-state index is 14.1. The molecule has 0 bridgehead atoms. The first kappa shape index (κ1) is 16.1. The molecular weight excluding hydrogens is 319 g/mol.